The highest BCUT2D eigenvalue weighted by Crippen LogP contribution is 2.29. The van der Waals surface area contributed by atoms with E-state index in [0.29, 0.717) is 16.8 Å². The van der Waals surface area contributed by atoms with Gasteiger partial charge in [0.05, 0.1) is 17.4 Å². The van der Waals surface area contributed by atoms with Gasteiger partial charge in [-0.15, -0.1) is 11.8 Å². The van der Waals surface area contributed by atoms with Crippen molar-refractivity contribution >= 4 is 23.4 Å². The largest absolute Gasteiger partial charge is 0.479 e. The molecule has 0 aliphatic rings. The molecule has 0 saturated heterocycles. The second-order valence-corrected chi connectivity index (χ2v) is 5.21. The van der Waals surface area contributed by atoms with Gasteiger partial charge in [0.2, 0.25) is 0 Å². The number of hydrogen-bond donors (Lipinski definition) is 2. The number of carboxylic acid groups (broad SMARTS) is 1. The molecule has 0 saturated carbocycles. The molecule has 2 aromatic rings. The van der Waals surface area contributed by atoms with Gasteiger partial charge in [-0.2, -0.15) is 10.4 Å². The van der Waals surface area contributed by atoms with E-state index < -0.39 is 12.0 Å². The summed E-state index contributed by atoms with van der Waals surface area (Å²) in [7, 11) is 1.72. The molecule has 0 aliphatic carbocycles. The summed E-state index contributed by atoms with van der Waals surface area (Å²) in [5.41, 5.74) is 1.48. The van der Waals surface area contributed by atoms with Gasteiger partial charge in [-0.3, -0.25) is 4.68 Å². The number of carboxylic acids is 1. The van der Waals surface area contributed by atoms with Crippen LogP contribution in [0.4, 0.5) is 5.69 Å². The van der Waals surface area contributed by atoms with E-state index in [-0.39, 0.29) is 0 Å². The highest BCUT2D eigenvalue weighted by molar-refractivity contribution is 7.98. The number of aryl methyl sites for hydroxylation is 1. The third kappa shape index (κ3) is 3.17. The van der Waals surface area contributed by atoms with Crippen molar-refractivity contribution in [2.45, 2.75) is 10.9 Å². The smallest absolute Gasteiger partial charge is 0.330 e. The molecule has 1 aromatic carbocycles. The third-order valence-corrected chi connectivity index (χ3v) is 3.74. The van der Waals surface area contributed by atoms with Gasteiger partial charge in [-0.1, -0.05) is 6.07 Å². The van der Waals surface area contributed by atoms with Crippen molar-refractivity contribution in [1.82, 2.24) is 9.78 Å². The van der Waals surface area contributed by atoms with Crippen LogP contribution < -0.4 is 5.32 Å². The van der Waals surface area contributed by atoms with Gasteiger partial charge in [0.1, 0.15) is 6.07 Å². The normalized spacial score (nSPS) is 11.7. The predicted molar refractivity (Wildman–Crippen MR) is 80.1 cm³/mol. The molecule has 108 valence electrons. The Balaban J connectivity index is 2.39. The van der Waals surface area contributed by atoms with E-state index in [1.54, 1.807) is 25.4 Å². The predicted octanol–water partition coefficient (Wildman–Crippen LogP) is 2.25. The molecule has 0 aliphatic heterocycles. The summed E-state index contributed by atoms with van der Waals surface area (Å²) in [6, 6.07) is 6.48. The number of nitriles is 1. The monoisotopic (exact) mass is 302 g/mol. The number of aromatic nitrogens is 2. The Labute approximate surface area is 126 Å². The van der Waals surface area contributed by atoms with Crippen LogP contribution in [-0.4, -0.2) is 27.1 Å². The zero-order valence-electron chi connectivity index (χ0n) is 11.6. The Hall–Kier alpha value is -2.46. The van der Waals surface area contributed by atoms with Crippen LogP contribution in [0.15, 0.2) is 35.5 Å². The van der Waals surface area contributed by atoms with E-state index in [4.69, 9.17) is 0 Å². The molecular formula is C14H14N4O2S. The van der Waals surface area contributed by atoms with Crippen molar-refractivity contribution in [2.75, 3.05) is 11.6 Å². The minimum atomic E-state index is -1.03. The summed E-state index contributed by atoms with van der Waals surface area (Å²) in [5, 5.41) is 25.6. The quantitative estimate of drug-likeness (QED) is 0.823. The van der Waals surface area contributed by atoms with Gasteiger partial charge in [0.25, 0.3) is 0 Å². The fraction of sp³-hybridized carbons (Fsp3) is 0.214. The number of rotatable bonds is 5. The molecule has 1 atom stereocenters. The minimum Gasteiger partial charge on any atom is -0.479 e. The zero-order valence-corrected chi connectivity index (χ0v) is 12.4. The lowest BCUT2D eigenvalue weighted by Crippen LogP contribution is -2.20. The highest BCUT2D eigenvalue weighted by Gasteiger charge is 2.22. The summed E-state index contributed by atoms with van der Waals surface area (Å²) in [6.07, 6.45) is 5.00. The molecule has 21 heavy (non-hydrogen) atoms. The van der Waals surface area contributed by atoms with Gasteiger partial charge in [-0.25, -0.2) is 4.79 Å². The van der Waals surface area contributed by atoms with Crippen LogP contribution in [0.1, 0.15) is 17.2 Å². The van der Waals surface area contributed by atoms with Gasteiger partial charge in [0, 0.05) is 23.7 Å². The molecule has 0 spiro atoms. The van der Waals surface area contributed by atoms with Crippen molar-refractivity contribution < 1.29 is 9.90 Å². The summed E-state index contributed by atoms with van der Waals surface area (Å²) in [6.45, 7) is 0. The van der Waals surface area contributed by atoms with Crippen molar-refractivity contribution in [2.24, 2.45) is 7.05 Å². The fourth-order valence-electron chi connectivity index (χ4n) is 1.97. The van der Waals surface area contributed by atoms with Gasteiger partial charge >= 0.3 is 5.97 Å². The van der Waals surface area contributed by atoms with E-state index in [1.807, 2.05) is 12.3 Å². The van der Waals surface area contributed by atoms with Crippen LogP contribution >= 0.6 is 11.8 Å². The standard InChI is InChI=1S/C14H14N4O2S/c1-18-8-9(7-16-18)13(14(19)20)17-11-4-3-5-12(21-2)10(11)6-15/h3-5,7-8,13,17H,1-2H3,(H,19,20). The van der Waals surface area contributed by atoms with Gasteiger partial charge in [-0.05, 0) is 18.4 Å². The van der Waals surface area contributed by atoms with Crippen molar-refractivity contribution in [3.8, 4) is 6.07 Å². The van der Waals surface area contributed by atoms with Crippen LogP contribution in [0.5, 0.6) is 0 Å². The van der Waals surface area contributed by atoms with E-state index in [2.05, 4.69) is 16.5 Å². The van der Waals surface area contributed by atoms with E-state index >= 15 is 0 Å². The Morgan fingerprint density at radius 3 is 2.86 bits per heavy atom. The molecule has 0 amide bonds. The molecule has 6 nitrogen and oxygen atoms in total. The topological polar surface area (TPSA) is 90.9 Å². The summed E-state index contributed by atoms with van der Waals surface area (Å²) >= 11 is 1.44. The number of nitrogens with one attached hydrogen (secondary N) is 1. The van der Waals surface area contributed by atoms with Crippen LogP contribution in [0, 0.1) is 11.3 Å². The lowest BCUT2D eigenvalue weighted by Gasteiger charge is -2.16. The molecule has 0 radical (unpaired) electrons. The third-order valence-electron chi connectivity index (χ3n) is 2.96. The molecule has 1 heterocycles. The number of anilines is 1. The van der Waals surface area contributed by atoms with Crippen molar-refractivity contribution in [3.05, 3.63) is 41.7 Å². The second-order valence-electron chi connectivity index (χ2n) is 4.36. The van der Waals surface area contributed by atoms with E-state index in [0.717, 1.165) is 4.90 Å². The molecule has 1 aromatic heterocycles. The maximum absolute atomic E-state index is 11.5. The van der Waals surface area contributed by atoms with E-state index in [1.165, 1.54) is 22.6 Å². The molecule has 0 bridgehead atoms. The molecule has 2 N–H and O–H groups in total. The summed E-state index contributed by atoms with van der Waals surface area (Å²) in [5.74, 6) is -1.03. The first-order chi connectivity index (χ1) is 10.1. The highest BCUT2D eigenvalue weighted by atomic mass is 32.2. The Morgan fingerprint density at radius 2 is 2.33 bits per heavy atom. The molecule has 2 rings (SSSR count). The first-order valence-corrected chi connectivity index (χ1v) is 7.34. The average molecular weight is 302 g/mol. The van der Waals surface area contributed by atoms with Crippen LogP contribution in [0.3, 0.4) is 0 Å². The Morgan fingerprint density at radius 1 is 1.57 bits per heavy atom. The van der Waals surface area contributed by atoms with Crippen LogP contribution in [0.25, 0.3) is 0 Å². The Kier molecular flexibility index (Phi) is 4.50. The maximum Gasteiger partial charge on any atom is 0.330 e. The minimum absolute atomic E-state index is 0.445. The first-order valence-electron chi connectivity index (χ1n) is 6.11. The zero-order chi connectivity index (χ0) is 15.4. The molecule has 0 fully saturated rings. The number of benzene rings is 1. The van der Waals surface area contributed by atoms with Crippen LogP contribution in [-0.2, 0) is 11.8 Å². The number of hydrogen-bond acceptors (Lipinski definition) is 5. The molecule has 7 heteroatoms. The number of thioether (sulfide) groups is 1. The lowest BCUT2D eigenvalue weighted by molar-refractivity contribution is -0.138. The average Bonchev–Trinajstić information content (AvgIpc) is 2.89. The van der Waals surface area contributed by atoms with E-state index in [9.17, 15) is 15.2 Å². The number of nitrogens with zero attached hydrogens (tertiary/aromatic N) is 3. The fourth-order valence-corrected chi connectivity index (χ4v) is 2.54. The van der Waals surface area contributed by atoms with Crippen LogP contribution in [0.2, 0.25) is 0 Å². The molecular weight excluding hydrogens is 288 g/mol. The van der Waals surface area contributed by atoms with Gasteiger partial charge < -0.3 is 10.4 Å². The maximum atomic E-state index is 11.5. The summed E-state index contributed by atoms with van der Waals surface area (Å²) < 4.78 is 1.54. The second kappa shape index (κ2) is 6.33. The lowest BCUT2D eigenvalue weighted by atomic mass is 10.1. The molecule has 1 unspecified atom stereocenters. The van der Waals surface area contributed by atoms with Crippen molar-refractivity contribution in [3.63, 3.8) is 0 Å². The Bertz CT molecular complexity index is 705. The first kappa shape index (κ1) is 14.9. The van der Waals surface area contributed by atoms with Crippen molar-refractivity contribution in [1.29, 1.82) is 5.26 Å². The van der Waals surface area contributed by atoms with Gasteiger partial charge in [0.15, 0.2) is 6.04 Å². The number of aliphatic carboxylic acids is 1. The summed E-state index contributed by atoms with van der Waals surface area (Å²) in [4.78, 5) is 12.3. The SMILES string of the molecule is CSc1cccc(NC(C(=O)O)c2cnn(C)c2)c1C#N. The number of carbonyl (C=O) groups is 1.